The molecule has 0 bridgehead atoms. The second-order valence-corrected chi connectivity index (χ2v) is 7.96. The molecule has 1 rings (SSSR count). The molecule has 4 unspecified atom stereocenters. The molecule has 0 aliphatic heterocycles. The highest BCUT2D eigenvalue weighted by Crippen LogP contribution is 2.07. The molecule has 0 aliphatic carbocycles. The van der Waals surface area contributed by atoms with Gasteiger partial charge in [-0.3, -0.25) is 19.2 Å². The number of aliphatic hydroxyl groups excluding tert-OH is 1. The molecule has 0 saturated carbocycles. The van der Waals surface area contributed by atoms with Crippen molar-refractivity contribution in [1.82, 2.24) is 16.0 Å². The summed E-state index contributed by atoms with van der Waals surface area (Å²) in [5, 5.41) is 25.6. The molecular weight excluding hydrogens is 460 g/mol. The maximum atomic E-state index is 13.1. The average Bonchev–Trinajstić information content (AvgIpc) is 2.82. The third kappa shape index (κ3) is 10.9. The van der Waals surface area contributed by atoms with Crippen LogP contribution in [0.25, 0.3) is 0 Å². The Balaban J connectivity index is 3.08. The fourth-order valence-electron chi connectivity index (χ4n) is 3.13. The lowest BCUT2D eigenvalue weighted by atomic mass is 10.0. The van der Waals surface area contributed by atoms with Gasteiger partial charge >= 0.3 is 5.97 Å². The highest BCUT2D eigenvalue weighted by atomic mass is 16.4. The van der Waals surface area contributed by atoms with E-state index in [0.29, 0.717) is 24.9 Å². The summed E-state index contributed by atoms with van der Waals surface area (Å²) in [7, 11) is 0. The topological polar surface area (TPSA) is 240 Å². The number of hydrogen-bond donors (Lipinski definition) is 8. The van der Waals surface area contributed by atoms with Crippen molar-refractivity contribution in [3.63, 3.8) is 0 Å². The number of primary amides is 1. The van der Waals surface area contributed by atoms with E-state index in [4.69, 9.17) is 22.3 Å². The van der Waals surface area contributed by atoms with Crippen LogP contribution in [0.5, 0.6) is 0 Å². The average molecular weight is 495 g/mol. The minimum atomic E-state index is -1.57. The number of aliphatic hydroxyl groups is 1. The standard InChI is InChI=1S/C22H34N6O7/c23-9-5-4-8-15(20(32)28-17(22(34)35)11-18(25)30)26-21(33)16(27-19(31)14(24)12-29)10-13-6-2-1-3-7-13/h1-3,6-7,14-17,29H,4-5,8-12,23-24H2,(H2,25,30)(H,26,33)(H,27,31)(H,28,32)(H,34,35). The van der Waals surface area contributed by atoms with Gasteiger partial charge in [0, 0.05) is 6.42 Å². The van der Waals surface area contributed by atoms with Gasteiger partial charge in [-0.2, -0.15) is 0 Å². The molecule has 4 atom stereocenters. The number of unbranched alkanes of at least 4 members (excludes halogenated alkanes) is 1. The molecule has 13 heteroatoms. The predicted octanol–water partition coefficient (Wildman–Crippen LogP) is -2.91. The Morgan fingerprint density at radius 1 is 0.857 bits per heavy atom. The predicted molar refractivity (Wildman–Crippen MR) is 125 cm³/mol. The quantitative estimate of drug-likeness (QED) is 0.110. The summed E-state index contributed by atoms with van der Waals surface area (Å²) in [6, 6.07) is 3.61. The highest BCUT2D eigenvalue weighted by Gasteiger charge is 2.30. The molecule has 11 N–H and O–H groups in total. The Bertz CT molecular complexity index is 867. The van der Waals surface area contributed by atoms with E-state index < -0.39 is 66.8 Å². The van der Waals surface area contributed by atoms with Gasteiger partial charge in [0.15, 0.2) is 0 Å². The number of aliphatic carboxylic acids is 1. The van der Waals surface area contributed by atoms with Crippen LogP contribution in [0.3, 0.4) is 0 Å². The molecule has 0 aliphatic rings. The van der Waals surface area contributed by atoms with Crippen LogP contribution in [-0.2, 0) is 30.4 Å². The van der Waals surface area contributed by atoms with Crippen molar-refractivity contribution < 1.29 is 34.2 Å². The number of carbonyl (C=O) groups is 5. The smallest absolute Gasteiger partial charge is 0.326 e. The highest BCUT2D eigenvalue weighted by molar-refractivity contribution is 5.95. The normalized spacial score (nSPS) is 14.1. The zero-order valence-electron chi connectivity index (χ0n) is 19.3. The van der Waals surface area contributed by atoms with Crippen LogP contribution in [0.2, 0.25) is 0 Å². The summed E-state index contributed by atoms with van der Waals surface area (Å²) in [6.45, 7) is -0.292. The van der Waals surface area contributed by atoms with E-state index in [0.717, 1.165) is 0 Å². The van der Waals surface area contributed by atoms with Gasteiger partial charge in [0.25, 0.3) is 0 Å². The van der Waals surface area contributed by atoms with Crippen LogP contribution in [0.15, 0.2) is 30.3 Å². The molecule has 4 amide bonds. The first-order valence-corrected chi connectivity index (χ1v) is 11.1. The monoisotopic (exact) mass is 494 g/mol. The van der Waals surface area contributed by atoms with Crippen molar-refractivity contribution >= 4 is 29.6 Å². The number of carbonyl (C=O) groups excluding carboxylic acids is 4. The molecule has 0 spiro atoms. The van der Waals surface area contributed by atoms with Gasteiger partial charge in [-0.05, 0) is 31.4 Å². The minimum absolute atomic E-state index is 0.0626. The lowest BCUT2D eigenvalue weighted by Gasteiger charge is -2.25. The summed E-state index contributed by atoms with van der Waals surface area (Å²) in [6.07, 6.45) is 0.537. The molecular formula is C22H34N6O7. The molecule has 35 heavy (non-hydrogen) atoms. The number of rotatable bonds is 16. The zero-order valence-corrected chi connectivity index (χ0v) is 19.3. The Kier molecular flexibility index (Phi) is 12.9. The maximum Gasteiger partial charge on any atom is 0.326 e. The van der Waals surface area contributed by atoms with Crippen LogP contribution in [0, 0.1) is 0 Å². The van der Waals surface area contributed by atoms with Gasteiger partial charge in [-0.1, -0.05) is 30.3 Å². The van der Waals surface area contributed by atoms with Gasteiger partial charge in [-0.25, -0.2) is 4.79 Å². The fourth-order valence-corrected chi connectivity index (χ4v) is 3.13. The first-order valence-electron chi connectivity index (χ1n) is 11.1. The first kappa shape index (κ1) is 29.5. The van der Waals surface area contributed by atoms with Crippen LogP contribution in [-0.4, -0.2) is 77.1 Å². The molecule has 1 aromatic rings. The maximum absolute atomic E-state index is 13.1. The Morgan fingerprint density at radius 3 is 1.97 bits per heavy atom. The molecule has 0 aromatic heterocycles. The second-order valence-electron chi connectivity index (χ2n) is 7.96. The zero-order chi connectivity index (χ0) is 26.4. The largest absolute Gasteiger partial charge is 0.480 e. The Labute approximate surface area is 202 Å². The van der Waals surface area contributed by atoms with Crippen LogP contribution >= 0.6 is 0 Å². The van der Waals surface area contributed by atoms with Gasteiger partial charge < -0.3 is 43.4 Å². The van der Waals surface area contributed by atoms with E-state index in [1.54, 1.807) is 30.3 Å². The number of benzene rings is 1. The number of nitrogens with two attached hydrogens (primary N) is 3. The van der Waals surface area contributed by atoms with E-state index in [2.05, 4.69) is 16.0 Å². The van der Waals surface area contributed by atoms with Crippen molar-refractivity contribution in [1.29, 1.82) is 0 Å². The van der Waals surface area contributed by atoms with Crippen LogP contribution in [0.1, 0.15) is 31.2 Å². The van der Waals surface area contributed by atoms with Crippen molar-refractivity contribution in [2.24, 2.45) is 17.2 Å². The molecule has 194 valence electrons. The van der Waals surface area contributed by atoms with E-state index in [-0.39, 0.29) is 12.8 Å². The second kappa shape index (κ2) is 15.4. The fraction of sp³-hybridized carbons (Fsp3) is 0.500. The lowest BCUT2D eigenvalue weighted by molar-refractivity contribution is -0.143. The van der Waals surface area contributed by atoms with E-state index in [1.807, 2.05) is 0 Å². The first-order chi connectivity index (χ1) is 16.6. The summed E-state index contributed by atoms with van der Waals surface area (Å²) in [4.78, 5) is 60.7. The summed E-state index contributed by atoms with van der Waals surface area (Å²) < 4.78 is 0. The van der Waals surface area contributed by atoms with Crippen molar-refractivity contribution in [2.75, 3.05) is 13.2 Å². The van der Waals surface area contributed by atoms with E-state index in [9.17, 15) is 29.1 Å². The van der Waals surface area contributed by atoms with Gasteiger partial charge in [0.1, 0.15) is 24.2 Å². The van der Waals surface area contributed by atoms with E-state index >= 15 is 0 Å². The van der Waals surface area contributed by atoms with Crippen LogP contribution < -0.4 is 33.2 Å². The van der Waals surface area contributed by atoms with Crippen molar-refractivity contribution in [3.8, 4) is 0 Å². The summed E-state index contributed by atoms with van der Waals surface area (Å²) in [5.41, 5.74) is 16.8. The molecule has 0 fully saturated rings. The number of carboxylic acids is 1. The SMILES string of the molecule is NCCCCC(NC(=O)C(Cc1ccccc1)NC(=O)C(N)CO)C(=O)NC(CC(N)=O)C(=O)O. The Hall–Kier alpha value is -3.55. The number of carboxylic acid groups (broad SMARTS) is 1. The van der Waals surface area contributed by atoms with Gasteiger partial charge in [0.05, 0.1) is 13.0 Å². The Morgan fingerprint density at radius 2 is 1.43 bits per heavy atom. The molecule has 0 saturated heterocycles. The molecule has 0 heterocycles. The number of hydrogen-bond acceptors (Lipinski definition) is 8. The van der Waals surface area contributed by atoms with Crippen molar-refractivity contribution in [3.05, 3.63) is 35.9 Å². The summed E-state index contributed by atoms with van der Waals surface area (Å²) >= 11 is 0. The molecule has 1 aromatic carbocycles. The van der Waals surface area contributed by atoms with E-state index in [1.165, 1.54) is 0 Å². The number of amides is 4. The third-order valence-corrected chi connectivity index (χ3v) is 5.05. The summed E-state index contributed by atoms with van der Waals surface area (Å²) in [5.74, 6) is -4.70. The molecule has 0 radical (unpaired) electrons. The lowest BCUT2D eigenvalue weighted by Crippen LogP contribution is -2.58. The van der Waals surface area contributed by atoms with Crippen molar-refractivity contribution in [2.45, 2.75) is 56.3 Å². The molecule has 13 nitrogen and oxygen atoms in total. The number of nitrogens with one attached hydrogen (secondary N) is 3. The van der Waals surface area contributed by atoms with Gasteiger partial charge in [-0.15, -0.1) is 0 Å². The van der Waals surface area contributed by atoms with Crippen LogP contribution in [0.4, 0.5) is 0 Å². The third-order valence-electron chi connectivity index (χ3n) is 5.05. The van der Waals surface area contributed by atoms with Gasteiger partial charge in [0.2, 0.25) is 23.6 Å². The minimum Gasteiger partial charge on any atom is -0.480 e.